The first-order valence-corrected chi connectivity index (χ1v) is 5.45. The Bertz CT molecular complexity index is 602. The number of benzene rings is 1. The molecule has 0 saturated carbocycles. The number of nitrogens with two attached hydrogens (primary N) is 1. The SMILES string of the molecule is Cc1cc(-c2n[nH]c(C(F)(F)F)c2CN)ccc1F. The number of aryl methyl sites for hydroxylation is 1. The highest BCUT2D eigenvalue weighted by Crippen LogP contribution is 2.34. The molecule has 0 atom stereocenters. The molecule has 0 saturated heterocycles. The first-order valence-electron chi connectivity index (χ1n) is 5.45. The Morgan fingerprint density at radius 2 is 2.00 bits per heavy atom. The standard InChI is InChI=1S/C12H11F4N3/c1-6-4-7(2-3-9(6)13)10-8(5-17)11(19-18-10)12(14,15)16/h2-4H,5,17H2,1H3,(H,18,19). The van der Waals surface area contributed by atoms with E-state index in [9.17, 15) is 17.6 Å². The van der Waals surface area contributed by atoms with Crippen molar-refractivity contribution < 1.29 is 17.6 Å². The summed E-state index contributed by atoms with van der Waals surface area (Å²) in [5, 5.41) is 5.60. The van der Waals surface area contributed by atoms with Gasteiger partial charge in [0, 0.05) is 17.7 Å². The van der Waals surface area contributed by atoms with E-state index in [0.717, 1.165) is 0 Å². The van der Waals surface area contributed by atoms with Crippen LogP contribution in [0.1, 0.15) is 16.8 Å². The van der Waals surface area contributed by atoms with Crippen molar-refractivity contribution in [1.82, 2.24) is 10.2 Å². The molecule has 2 rings (SSSR count). The van der Waals surface area contributed by atoms with Gasteiger partial charge in [0.05, 0.1) is 5.69 Å². The van der Waals surface area contributed by atoms with Gasteiger partial charge in [-0.3, -0.25) is 5.10 Å². The van der Waals surface area contributed by atoms with Crippen molar-refractivity contribution in [3.63, 3.8) is 0 Å². The molecule has 0 radical (unpaired) electrons. The molecule has 1 aromatic carbocycles. The highest BCUT2D eigenvalue weighted by Gasteiger charge is 2.36. The lowest BCUT2D eigenvalue weighted by Gasteiger charge is -2.07. The molecule has 0 bridgehead atoms. The lowest BCUT2D eigenvalue weighted by molar-refractivity contribution is -0.141. The van der Waals surface area contributed by atoms with E-state index in [-0.39, 0.29) is 17.8 Å². The van der Waals surface area contributed by atoms with Gasteiger partial charge >= 0.3 is 6.18 Å². The van der Waals surface area contributed by atoms with Crippen LogP contribution < -0.4 is 5.73 Å². The summed E-state index contributed by atoms with van der Waals surface area (Å²) in [6.45, 7) is 1.22. The predicted molar refractivity (Wildman–Crippen MR) is 61.6 cm³/mol. The van der Waals surface area contributed by atoms with E-state index in [2.05, 4.69) is 5.10 Å². The Balaban J connectivity index is 2.57. The van der Waals surface area contributed by atoms with Gasteiger partial charge in [-0.25, -0.2) is 4.39 Å². The molecule has 1 heterocycles. The van der Waals surface area contributed by atoms with Gasteiger partial charge in [-0.15, -0.1) is 0 Å². The minimum Gasteiger partial charge on any atom is -0.326 e. The van der Waals surface area contributed by atoms with Crippen LogP contribution in [0.5, 0.6) is 0 Å². The molecule has 19 heavy (non-hydrogen) atoms. The second-order valence-electron chi connectivity index (χ2n) is 4.09. The smallest absolute Gasteiger partial charge is 0.326 e. The third kappa shape index (κ3) is 2.46. The Kier molecular flexibility index (Phi) is 3.32. The van der Waals surface area contributed by atoms with Gasteiger partial charge in [0.25, 0.3) is 0 Å². The fourth-order valence-corrected chi connectivity index (χ4v) is 1.83. The zero-order valence-electron chi connectivity index (χ0n) is 9.98. The Morgan fingerprint density at radius 1 is 1.32 bits per heavy atom. The van der Waals surface area contributed by atoms with Gasteiger partial charge in [-0.1, -0.05) is 0 Å². The Labute approximate surface area is 106 Å². The summed E-state index contributed by atoms with van der Waals surface area (Å²) in [6, 6.07) is 4.00. The molecule has 7 heteroatoms. The molecular formula is C12H11F4N3. The van der Waals surface area contributed by atoms with Gasteiger partial charge in [0.1, 0.15) is 11.5 Å². The quantitative estimate of drug-likeness (QED) is 0.826. The highest BCUT2D eigenvalue weighted by molar-refractivity contribution is 5.65. The van der Waals surface area contributed by atoms with Crippen LogP contribution in [-0.4, -0.2) is 10.2 Å². The van der Waals surface area contributed by atoms with Crippen LogP contribution in [0.2, 0.25) is 0 Å². The van der Waals surface area contributed by atoms with Crippen LogP contribution in [0.15, 0.2) is 18.2 Å². The van der Waals surface area contributed by atoms with E-state index in [1.165, 1.54) is 25.1 Å². The molecule has 0 aliphatic carbocycles. The van der Waals surface area contributed by atoms with Gasteiger partial charge in [0.15, 0.2) is 0 Å². The first-order chi connectivity index (χ1) is 8.84. The van der Waals surface area contributed by atoms with Crippen LogP contribution in [0.3, 0.4) is 0 Å². The summed E-state index contributed by atoms with van der Waals surface area (Å²) in [7, 11) is 0. The number of H-pyrrole nitrogens is 1. The van der Waals surface area contributed by atoms with Crippen LogP contribution in [-0.2, 0) is 12.7 Å². The zero-order chi connectivity index (χ0) is 14.2. The molecule has 3 N–H and O–H groups in total. The number of nitrogens with one attached hydrogen (secondary N) is 1. The highest BCUT2D eigenvalue weighted by atomic mass is 19.4. The van der Waals surface area contributed by atoms with E-state index in [0.29, 0.717) is 11.1 Å². The van der Waals surface area contributed by atoms with E-state index in [1.807, 2.05) is 5.10 Å². The zero-order valence-corrected chi connectivity index (χ0v) is 9.98. The van der Waals surface area contributed by atoms with Gasteiger partial charge < -0.3 is 5.73 Å². The molecule has 0 amide bonds. The van der Waals surface area contributed by atoms with E-state index < -0.39 is 17.7 Å². The summed E-state index contributed by atoms with van der Waals surface area (Å²) in [4.78, 5) is 0. The van der Waals surface area contributed by atoms with Crippen LogP contribution >= 0.6 is 0 Å². The van der Waals surface area contributed by atoms with Crippen molar-refractivity contribution in [3.05, 3.63) is 40.8 Å². The van der Waals surface area contributed by atoms with Crippen LogP contribution in [0.4, 0.5) is 17.6 Å². The third-order valence-corrected chi connectivity index (χ3v) is 2.79. The maximum Gasteiger partial charge on any atom is 0.433 e. The van der Waals surface area contributed by atoms with Gasteiger partial charge in [-0.2, -0.15) is 18.3 Å². The normalized spacial score (nSPS) is 11.9. The molecule has 0 unspecified atom stereocenters. The monoisotopic (exact) mass is 273 g/mol. The maximum atomic E-state index is 13.2. The number of hydrogen-bond acceptors (Lipinski definition) is 2. The van der Waals surface area contributed by atoms with Crippen LogP contribution in [0, 0.1) is 12.7 Å². The lowest BCUT2D eigenvalue weighted by atomic mass is 10.0. The number of alkyl halides is 3. The van der Waals surface area contributed by atoms with E-state index >= 15 is 0 Å². The average Bonchev–Trinajstić information content (AvgIpc) is 2.76. The lowest BCUT2D eigenvalue weighted by Crippen LogP contribution is -2.11. The second kappa shape index (κ2) is 4.65. The molecule has 0 aliphatic heterocycles. The molecular weight excluding hydrogens is 262 g/mol. The van der Waals surface area contributed by atoms with Crippen molar-refractivity contribution >= 4 is 0 Å². The molecule has 0 fully saturated rings. The Hall–Kier alpha value is -1.89. The Morgan fingerprint density at radius 3 is 2.53 bits per heavy atom. The first kappa shape index (κ1) is 13.5. The minimum absolute atomic E-state index is 0.0953. The van der Waals surface area contributed by atoms with Gasteiger partial charge in [0.2, 0.25) is 0 Å². The molecule has 2 aromatic rings. The summed E-state index contributed by atoms with van der Waals surface area (Å²) in [6.07, 6.45) is -4.55. The number of hydrogen-bond donors (Lipinski definition) is 2. The molecule has 3 nitrogen and oxygen atoms in total. The summed E-state index contributed by atoms with van der Waals surface area (Å²) in [5.74, 6) is -0.426. The molecule has 102 valence electrons. The number of aromatic amines is 1. The largest absolute Gasteiger partial charge is 0.433 e. The number of halogens is 4. The summed E-state index contributed by atoms with van der Waals surface area (Å²) < 4.78 is 51.3. The molecule has 1 aromatic heterocycles. The number of aromatic nitrogens is 2. The fourth-order valence-electron chi connectivity index (χ4n) is 1.83. The predicted octanol–water partition coefficient (Wildman–Crippen LogP) is 3.00. The van der Waals surface area contributed by atoms with Crippen molar-refractivity contribution in [1.29, 1.82) is 0 Å². The van der Waals surface area contributed by atoms with Crippen molar-refractivity contribution in [2.24, 2.45) is 5.73 Å². The van der Waals surface area contributed by atoms with E-state index in [1.54, 1.807) is 0 Å². The summed E-state index contributed by atoms with van der Waals surface area (Å²) >= 11 is 0. The van der Waals surface area contributed by atoms with Crippen molar-refractivity contribution in [3.8, 4) is 11.3 Å². The molecule has 0 spiro atoms. The second-order valence-corrected chi connectivity index (χ2v) is 4.09. The number of nitrogens with zero attached hydrogens (tertiary/aromatic N) is 1. The van der Waals surface area contributed by atoms with Crippen LogP contribution in [0.25, 0.3) is 11.3 Å². The van der Waals surface area contributed by atoms with Crippen molar-refractivity contribution in [2.75, 3.05) is 0 Å². The van der Waals surface area contributed by atoms with E-state index in [4.69, 9.17) is 5.73 Å². The average molecular weight is 273 g/mol. The van der Waals surface area contributed by atoms with Crippen molar-refractivity contribution in [2.45, 2.75) is 19.6 Å². The van der Waals surface area contributed by atoms with Gasteiger partial charge in [-0.05, 0) is 30.7 Å². The maximum absolute atomic E-state index is 13.2. The minimum atomic E-state index is -4.55. The topological polar surface area (TPSA) is 54.7 Å². The number of rotatable bonds is 2. The summed E-state index contributed by atoms with van der Waals surface area (Å²) in [5.41, 5.74) is 5.09. The fraction of sp³-hybridized carbons (Fsp3) is 0.250. The molecule has 0 aliphatic rings. The third-order valence-electron chi connectivity index (χ3n) is 2.79.